The molecule has 1 aromatic rings. The lowest BCUT2D eigenvalue weighted by atomic mass is 9.64. The van der Waals surface area contributed by atoms with E-state index in [1.54, 1.807) is 32.4 Å². The standard InChI is InChI=1S/C15H22N2O3/c1-15(2)12(8-13(15)20-4)17-14(18)10-7-9(19-3)5-6-11(10)16/h5-7,12-13H,8,16H2,1-4H3,(H,17,18). The number of methoxy groups -OCH3 is 2. The molecule has 5 heteroatoms. The smallest absolute Gasteiger partial charge is 0.253 e. The van der Waals surface area contributed by atoms with Crippen molar-refractivity contribution in [3.63, 3.8) is 0 Å². The molecule has 20 heavy (non-hydrogen) atoms. The van der Waals surface area contributed by atoms with Gasteiger partial charge in [0.05, 0.1) is 18.8 Å². The van der Waals surface area contributed by atoms with Gasteiger partial charge in [-0.2, -0.15) is 0 Å². The third-order valence-electron chi connectivity index (χ3n) is 4.27. The molecule has 1 aromatic carbocycles. The van der Waals surface area contributed by atoms with Crippen LogP contribution in [0.1, 0.15) is 30.6 Å². The normalized spacial score (nSPS) is 23.8. The third-order valence-corrected chi connectivity index (χ3v) is 4.27. The predicted molar refractivity (Wildman–Crippen MR) is 77.9 cm³/mol. The number of carbonyl (C=O) groups is 1. The monoisotopic (exact) mass is 278 g/mol. The summed E-state index contributed by atoms with van der Waals surface area (Å²) in [4.78, 5) is 12.3. The van der Waals surface area contributed by atoms with E-state index in [4.69, 9.17) is 15.2 Å². The molecule has 1 amide bonds. The Morgan fingerprint density at radius 3 is 2.65 bits per heavy atom. The second-order valence-electron chi connectivity index (χ2n) is 5.76. The van der Waals surface area contributed by atoms with Crippen molar-refractivity contribution in [1.29, 1.82) is 0 Å². The second-order valence-corrected chi connectivity index (χ2v) is 5.76. The van der Waals surface area contributed by atoms with Gasteiger partial charge in [0.15, 0.2) is 0 Å². The van der Waals surface area contributed by atoms with Gasteiger partial charge in [-0.15, -0.1) is 0 Å². The maximum absolute atomic E-state index is 12.3. The number of hydrogen-bond donors (Lipinski definition) is 2. The molecule has 2 atom stereocenters. The van der Waals surface area contributed by atoms with Crippen molar-refractivity contribution in [3.8, 4) is 5.75 Å². The number of nitrogens with one attached hydrogen (secondary N) is 1. The number of benzene rings is 1. The summed E-state index contributed by atoms with van der Waals surface area (Å²) in [7, 11) is 3.26. The molecule has 0 heterocycles. The quantitative estimate of drug-likeness (QED) is 0.824. The van der Waals surface area contributed by atoms with E-state index in [1.807, 2.05) is 0 Å². The number of anilines is 1. The lowest BCUT2D eigenvalue weighted by molar-refractivity contribution is -0.0942. The van der Waals surface area contributed by atoms with Crippen LogP contribution < -0.4 is 15.8 Å². The molecule has 2 unspecified atom stereocenters. The second kappa shape index (κ2) is 5.32. The highest BCUT2D eigenvalue weighted by Gasteiger charge is 2.49. The number of nitrogens with two attached hydrogens (primary N) is 1. The largest absolute Gasteiger partial charge is 0.497 e. The highest BCUT2D eigenvalue weighted by molar-refractivity contribution is 5.99. The van der Waals surface area contributed by atoms with Crippen LogP contribution in [0.25, 0.3) is 0 Å². The molecule has 0 spiro atoms. The minimum atomic E-state index is -0.172. The van der Waals surface area contributed by atoms with E-state index in [0.717, 1.165) is 6.42 Å². The van der Waals surface area contributed by atoms with Gasteiger partial charge in [-0.1, -0.05) is 13.8 Å². The maximum Gasteiger partial charge on any atom is 0.253 e. The fraction of sp³-hybridized carbons (Fsp3) is 0.533. The summed E-state index contributed by atoms with van der Waals surface area (Å²) in [6, 6.07) is 5.16. The fourth-order valence-electron chi connectivity index (χ4n) is 2.63. The lowest BCUT2D eigenvalue weighted by Gasteiger charge is -2.51. The van der Waals surface area contributed by atoms with Crippen LogP contribution in [0.5, 0.6) is 5.75 Å². The molecule has 1 aliphatic carbocycles. The third kappa shape index (κ3) is 2.45. The van der Waals surface area contributed by atoms with Gasteiger partial charge in [0.25, 0.3) is 5.91 Å². The Labute approximate surface area is 119 Å². The summed E-state index contributed by atoms with van der Waals surface area (Å²) >= 11 is 0. The first-order valence-electron chi connectivity index (χ1n) is 6.67. The Bertz CT molecular complexity index is 514. The van der Waals surface area contributed by atoms with E-state index in [9.17, 15) is 4.79 Å². The first kappa shape index (κ1) is 14.7. The van der Waals surface area contributed by atoms with Crippen molar-refractivity contribution >= 4 is 11.6 Å². The number of ether oxygens (including phenoxy) is 2. The molecule has 1 fully saturated rings. The average molecular weight is 278 g/mol. The van der Waals surface area contributed by atoms with E-state index in [-0.39, 0.29) is 23.5 Å². The first-order valence-corrected chi connectivity index (χ1v) is 6.67. The summed E-state index contributed by atoms with van der Waals surface area (Å²) in [6.07, 6.45) is 0.995. The molecule has 3 N–H and O–H groups in total. The number of carbonyl (C=O) groups excluding carboxylic acids is 1. The van der Waals surface area contributed by atoms with Crippen LogP contribution in [0.4, 0.5) is 5.69 Å². The molecule has 0 radical (unpaired) electrons. The molecule has 0 aromatic heterocycles. The minimum Gasteiger partial charge on any atom is -0.497 e. The number of hydrogen-bond acceptors (Lipinski definition) is 4. The zero-order valence-corrected chi connectivity index (χ0v) is 12.4. The van der Waals surface area contributed by atoms with Gasteiger partial charge in [-0.05, 0) is 24.6 Å². The summed E-state index contributed by atoms with van der Waals surface area (Å²) in [5.74, 6) is 0.445. The van der Waals surface area contributed by atoms with Crippen LogP contribution in [0.2, 0.25) is 0 Å². The van der Waals surface area contributed by atoms with E-state index in [1.165, 1.54) is 0 Å². The Balaban J connectivity index is 2.10. The Morgan fingerprint density at radius 1 is 1.40 bits per heavy atom. The van der Waals surface area contributed by atoms with Crippen molar-refractivity contribution in [1.82, 2.24) is 5.32 Å². The lowest BCUT2D eigenvalue weighted by Crippen LogP contribution is -2.61. The van der Waals surface area contributed by atoms with Crippen molar-refractivity contribution in [2.24, 2.45) is 5.41 Å². The van der Waals surface area contributed by atoms with Crippen LogP contribution in [0, 0.1) is 5.41 Å². The molecule has 0 bridgehead atoms. The summed E-state index contributed by atoms with van der Waals surface area (Å²) in [5, 5.41) is 3.02. The van der Waals surface area contributed by atoms with E-state index in [0.29, 0.717) is 17.0 Å². The van der Waals surface area contributed by atoms with Gasteiger partial charge in [0.2, 0.25) is 0 Å². The Kier molecular flexibility index (Phi) is 3.90. The van der Waals surface area contributed by atoms with Gasteiger partial charge in [0.1, 0.15) is 5.75 Å². The highest BCUT2D eigenvalue weighted by atomic mass is 16.5. The van der Waals surface area contributed by atoms with Crippen LogP contribution in [0.3, 0.4) is 0 Å². The molecule has 5 nitrogen and oxygen atoms in total. The average Bonchev–Trinajstić information content (AvgIpc) is 2.43. The summed E-state index contributed by atoms with van der Waals surface area (Å²) in [5.41, 5.74) is 6.68. The van der Waals surface area contributed by atoms with Crippen LogP contribution >= 0.6 is 0 Å². The van der Waals surface area contributed by atoms with E-state index < -0.39 is 0 Å². The van der Waals surface area contributed by atoms with Crippen molar-refractivity contribution in [2.75, 3.05) is 20.0 Å². The highest BCUT2D eigenvalue weighted by Crippen LogP contribution is 2.42. The SMILES string of the molecule is COc1ccc(N)c(C(=O)NC2CC(OC)C2(C)C)c1. The van der Waals surface area contributed by atoms with Crippen molar-refractivity contribution < 1.29 is 14.3 Å². The number of amides is 1. The van der Waals surface area contributed by atoms with Crippen LogP contribution in [0.15, 0.2) is 18.2 Å². The van der Waals surface area contributed by atoms with Crippen LogP contribution in [-0.2, 0) is 4.74 Å². The van der Waals surface area contributed by atoms with Gasteiger partial charge >= 0.3 is 0 Å². The molecule has 1 aliphatic rings. The molecular weight excluding hydrogens is 256 g/mol. The van der Waals surface area contributed by atoms with Crippen molar-refractivity contribution in [2.45, 2.75) is 32.4 Å². The zero-order valence-electron chi connectivity index (χ0n) is 12.4. The minimum absolute atomic E-state index is 0.0714. The van der Waals surface area contributed by atoms with Gasteiger partial charge in [0, 0.05) is 24.3 Å². The summed E-state index contributed by atoms with van der Waals surface area (Å²) < 4.78 is 10.5. The number of rotatable bonds is 4. The van der Waals surface area contributed by atoms with Gasteiger partial charge in [-0.25, -0.2) is 0 Å². The predicted octanol–water partition coefficient (Wildman–Crippen LogP) is 1.82. The van der Waals surface area contributed by atoms with Crippen LogP contribution in [-0.4, -0.2) is 32.3 Å². The Morgan fingerprint density at radius 2 is 2.10 bits per heavy atom. The molecule has 2 rings (SSSR count). The maximum atomic E-state index is 12.3. The van der Waals surface area contributed by atoms with E-state index in [2.05, 4.69) is 19.2 Å². The first-order chi connectivity index (χ1) is 9.40. The molecule has 110 valence electrons. The number of nitrogen functional groups attached to an aromatic ring is 1. The van der Waals surface area contributed by atoms with E-state index >= 15 is 0 Å². The van der Waals surface area contributed by atoms with Crippen molar-refractivity contribution in [3.05, 3.63) is 23.8 Å². The molecular formula is C15H22N2O3. The molecule has 0 aliphatic heterocycles. The topological polar surface area (TPSA) is 73.6 Å². The summed E-state index contributed by atoms with van der Waals surface area (Å²) in [6.45, 7) is 4.18. The van der Waals surface area contributed by atoms with Gasteiger partial charge in [-0.3, -0.25) is 4.79 Å². The molecule has 0 saturated heterocycles. The zero-order chi connectivity index (χ0) is 14.9. The molecule has 1 saturated carbocycles. The fourth-order valence-corrected chi connectivity index (χ4v) is 2.63. The Hall–Kier alpha value is -1.75. The van der Waals surface area contributed by atoms with Gasteiger partial charge < -0.3 is 20.5 Å².